The largest absolute Gasteiger partial charge is 0.511 e. The zero-order valence-electron chi connectivity index (χ0n) is 21.6. The van der Waals surface area contributed by atoms with E-state index in [1.165, 1.54) is 35.5 Å². The molecule has 0 bridgehead atoms. The molecular formula is C21H27ClN6O10S2. The Balaban J connectivity index is 0.00000560. The molecule has 220 valence electrons. The van der Waals surface area contributed by atoms with Gasteiger partial charge in [-0.25, -0.2) is 14.6 Å². The maximum Gasteiger partial charge on any atom is 0.511 e. The number of aromatic nitrogens is 1. The van der Waals surface area contributed by atoms with Crippen molar-refractivity contribution in [1.29, 1.82) is 0 Å². The number of oxime groups is 1. The molecule has 2 aliphatic heterocycles. The second-order valence-electron chi connectivity index (χ2n) is 8.46. The zero-order chi connectivity index (χ0) is 28.9. The summed E-state index contributed by atoms with van der Waals surface area (Å²) in [6.07, 6.45) is -0.284. The second kappa shape index (κ2) is 13.5. The van der Waals surface area contributed by atoms with Crippen molar-refractivity contribution in [2.24, 2.45) is 11.1 Å². The van der Waals surface area contributed by atoms with Crippen LogP contribution in [0.25, 0.3) is 0 Å². The van der Waals surface area contributed by atoms with E-state index in [1.54, 1.807) is 13.8 Å². The first-order chi connectivity index (χ1) is 18.4. The molecule has 0 saturated carbocycles. The Morgan fingerprint density at radius 1 is 1.30 bits per heavy atom. The molecule has 1 aromatic heterocycles. The number of halogens is 1. The summed E-state index contributed by atoms with van der Waals surface area (Å²) in [6.45, 7) is 2.03. The first-order valence-electron chi connectivity index (χ1n) is 11.2. The van der Waals surface area contributed by atoms with Crippen molar-refractivity contribution in [2.45, 2.75) is 30.2 Å². The number of nitrogens with two attached hydrogens (primary N) is 1. The molecule has 3 amide bonds. The predicted molar refractivity (Wildman–Crippen MR) is 142 cm³/mol. The van der Waals surface area contributed by atoms with Crippen LogP contribution in [-0.2, 0) is 38.2 Å². The molecule has 1 unspecified atom stereocenters. The van der Waals surface area contributed by atoms with Gasteiger partial charge in [-0.1, -0.05) is 16.9 Å². The number of esters is 1. The van der Waals surface area contributed by atoms with E-state index in [0.29, 0.717) is 6.21 Å². The highest BCUT2D eigenvalue weighted by Crippen LogP contribution is 2.53. The van der Waals surface area contributed by atoms with Crippen LogP contribution in [0, 0.1) is 5.92 Å². The van der Waals surface area contributed by atoms with E-state index in [-0.39, 0.29) is 28.8 Å². The van der Waals surface area contributed by atoms with Gasteiger partial charge in [0.05, 0.1) is 11.8 Å². The molecule has 2 aliphatic rings. The first-order valence-corrected chi connectivity index (χ1v) is 12.9. The van der Waals surface area contributed by atoms with Crippen molar-refractivity contribution in [3.63, 3.8) is 0 Å². The van der Waals surface area contributed by atoms with Crippen LogP contribution in [0.4, 0.5) is 14.7 Å². The highest BCUT2D eigenvalue weighted by atomic mass is 35.5. The summed E-state index contributed by atoms with van der Waals surface area (Å²) < 4.78 is 19.7. The topological polar surface area (TPSA) is 212 Å². The van der Waals surface area contributed by atoms with Gasteiger partial charge in [-0.3, -0.25) is 14.4 Å². The monoisotopic (exact) mass is 622 g/mol. The summed E-state index contributed by atoms with van der Waals surface area (Å²) in [5.74, 6) is -3.84. The number of fused-ring (bicyclic) bond motifs is 1. The fraction of sp³-hybridized carbons (Fsp3) is 0.476. The average Bonchev–Trinajstić information content (AvgIpc) is 3.29. The third-order valence-electron chi connectivity index (χ3n) is 5.16. The average molecular weight is 623 g/mol. The van der Waals surface area contributed by atoms with Crippen molar-refractivity contribution < 1.29 is 48.1 Å². The maximum absolute atomic E-state index is 12.9. The van der Waals surface area contributed by atoms with Crippen LogP contribution in [0.5, 0.6) is 0 Å². The fourth-order valence-corrected chi connectivity index (χ4v) is 5.79. The molecule has 0 aliphatic carbocycles. The van der Waals surface area contributed by atoms with Gasteiger partial charge in [0.15, 0.2) is 15.9 Å². The van der Waals surface area contributed by atoms with E-state index in [4.69, 9.17) is 25.2 Å². The third-order valence-corrected chi connectivity index (χ3v) is 7.50. The number of carbonyl (C=O) groups excluding carboxylic acids is 5. The lowest BCUT2D eigenvalue weighted by Gasteiger charge is -2.51. The summed E-state index contributed by atoms with van der Waals surface area (Å²) in [5.41, 5.74) is 6.24. The minimum absolute atomic E-state index is 0. The molecule has 3 atom stereocenters. The molecule has 1 fully saturated rings. The molecule has 0 spiro atoms. The number of ether oxygens (including phenoxy) is 4. The van der Waals surface area contributed by atoms with Crippen LogP contribution in [0.15, 0.2) is 22.3 Å². The number of nitrogen functional groups attached to an aromatic ring is 1. The number of thiazole rings is 1. The summed E-state index contributed by atoms with van der Waals surface area (Å²) in [7, 11) is 2.94. The lowest BCUT2D eigenvalue weighted by molar-refractivity contribution is -0.171. The van der Waals surface area contributed by atoms with Crippen molar-refractivity contribution in [3.05, 3.63) is 22.8 Å². The number of hydrogen-bond acceptors (Lipinski definition) is 15. The number of nitrogens with one attached hydrogen (secondary N) is 1. The van der Waals surface area contributed by atoms with Crippen molar-refractivity contribution in [1.82, 2.24) is 20.1 Å². The Morgan fingerprint density at radius 2 is 2.00 bits per heavy atom. The molecule has 16 nitrogen and oxygen atoms in total. The number of carbonyl (C=O) groups is 5. The number of anilines is 1. The van der Waals surface area contributed by atoms with Gasteiger partial charge in [0.25, 0.3) is 5.91 Å². The van der Waals surface area contributed by atoms with E-state index in [0.717, 1.165) is 23.1 Å². The number of thioether (sulfide) groups is 1. The van der Waals surface area contributed by atoms with Crippen LogP contribution in [0.1, 0.15) is 19.5 Å². The number of amides is 3. The Morgan fingerprint density at radius 3 is 2.58 bits per heavy atom. The third kappa shape index (κ3) is 7.05. The first kappa shape index (κ1) is 32.4. The van der Waals surface area contributed by atoms with Crippen LogP contribution >= 0.6 is 35.5 Å². The molecule has 1 saturated heterocycles. The minimum atomic E-state index is -1.61. The number of hydrogen-bond donors (Lipinski definition) is 3. The van der Waals surface area contributed by atoms with Crippen LogP contribution < -0.4 is 11.1 Å². The summed E-state index contributed by atoms with van der Waals surface area (Å²) in [4.78, 5) is 66.9. The van der Waals surface area contributed by atoms with Crippen LogP contribution in [-0.4, -0.2) is 95.2 Å². The van der Waals surface area contributed by atoms with Crippen LogP contribution in [0.2, 0.25) is 0 Å². The Bertz CT molecular complexity index is 1210. The Labute approximate surface area is 242 Å². The number of β-lactam (4-membered cyclic amide) rings is 1. The summed E-state index contributed by atoms with van der Waals surface area (Å²) >= 11 is 1.98. The lowest BCUT2D eigenvalue weighted by Crippen LogP contribution is -2.65. The van der Waals surface area contributed by atoms with E-state index in [9.17, 15) is 24.0 Å². The quantitative estimate of drug-likeness (QED) is 0.0514. The van der Waals surface area contributed by atoms with Crippen LogP contribution in [0.3, 0.4) is 0 Å². The van der Waals surface area contributed by atoms with Gasteiger partial charge in [0.1, 0.15) is 18.2 Å². The summed E-state index contributed by atoms with van der Waals surface area (Å²) in [6, 6.07) is 0. The van der Waals surface area contributed by atoms with E-state index < -0.39 is 65.7 Å². The highest BCUT2D eigenvalue weighted by Gasteiger charge is 2.60. The Kier molecular flexibility index (Phi) is 11.0. The molecule has 1 aromatic rings. The molecule has 0 aromatic carbocycles. The van der Waals surface area contributed by atoms with E-state index >= 15 is 0 Å². The molecule has 40 heavy (non-hydrogen) atoms. The molecule has 3 rings (SSSR count). The molecule has 3 heterocycles. The van der Waals surface area contributed by atoms with Gasteiger partial charge in [0.2, 0.25) is 12.7 Å². The molecule has 4 N–H and O–H groups in total. The fourth-order valence-electron chi connectivity index (χ4n) is 3.45. The van der Waals surface area contributed by atoms with Gasteiger partial charge in [-0.05, 0) is 13.8 Å². The molecule has 19 heteroatoms. The standard InChI is InChI=1S/C21H26N6O10S2.ClH/c1-10(2)37-20(32)36-9-35-17(30)14-15(29)27-6-11(7-34-19(31)26(3)4)21(39-16(14)27,25-13(28)5-23-33)12-8-38-18(22)24-12;/h5-6,8,10,14,16,33H,7,9H2,1-4H3,(H2,22,24)(H,25,28);1H/b23-5-;/t14-,16+,21?;/m1./s1. The van der Waals surface area contributed by atoms with Gasteiger partial charge in [-0.15, -0.1) is 23.7 Å². The van der Waals surface area contributed by atoms with Crippen molar-refractivity contribution in [2.75, 3.05) is 33.2 Å². The SMILES string of the molecule is CC(C)OC(=O)OCOC(=O)[C@@H]1C(=O)N2C=C(COC(=O)N(C)C)C(NC(=O)/C=N\O)(c3csc(N)n3)S[C@@H]12.Cl. The molecular weight excluding hydrogens is 596 g/mol. The number of nitrogens with zero attached hydrogens (tertiary/aromatic N) is 4. The van der Waals surface area contributed by atoms with Gasteiger partial charge < -0.3 is 45.0 Å². The highest BCUT2D eigenvalue weighted by molar-refractivity contribution is 8.01. The van der Waals surface area contributed by atoms with E-state index in [2.05, 4.69) is 20.2 Å². The maximum atomic E-state index is 12.9. The van der Waals surface area contributed by atoms with Crippen molar-refractivity contribution in [3.8, 4) is 0 Å². The van der Waals surface area contributed by atoms with Gasteiger partial charge >= 0.3 is 18.2 Å². The lowest BCUT2D eigenvalue weighted by atomic mass is 9.96. The second-order valence-corrected chi connectivity index (χ2v) is 10.7. The minimum Gasteiger partial charge on any atom is -0.445 e. The summed E-state index contributed by atoms with van der Waals surface area (Å²) in [5, 5.41) is 15.0. The van der Waals surface area contributed by atoms with Gasteiger partial charge in [0, 0.05) is 31.2 Å². The van der Waals surface area contributed by atoms with Gasteiger partial charge in [-0.2, -0.15) is 0 Å². The predicted octanol–water partition coefficient (Wildman–Crippen LogP) is 1.05. The molecule has 0 radical (unpaired) electrons. The van der Waals surface area contributed by atoms with Crippen molar-refractivity contribution >= 4 is 76.9 Å². The Hall–Kier alpha value is -3.77. The normalized spacial score (nSPS) is 21.4. The number of rotatable bonds is 9. The zero-order valence-corrected chi connectivity index (χ0v) is 24.0. The van der Waals surface area contributed by atoms with E-state index in [1.807, 2.05) is 0 Å². The smallest absolute Gasteiger partial charge is 0.445 e.